The Balaban J connectivity index is 1.39. The highest BCUT2D eigenvalue weighted by atomic mass is 16.3. The van der Waals surface area contributed by atoms with Crippen molar-refractivity contribution >= 4 is 0 Å². The van der Waals surface area contributed by atoms with Gasteiger partial charge in [-0.3, -0.25) is 0 Å². The average Bonchev–Trinajstić information content (AvgIpc) is 3.31. The van der Waals surface area contributed by atoms with Gasteiger partial charge in [-0.25, -0.2) is 0 Å². The largest absolute Gasteiger partial charge is 0.393 e. The topological polar surface area (TPSA) is 20.2 Å². The lowest BCUT2D eigenvalue weighted by Gasteiger charge is -2.63. The van der Waals surface area contributed by atoms with E-state index in [1.54, 1.807) is 0 Å². The van der Waals surface area contributed by atoms with E-state index in [0.29, 0.717) is 27.6 Å². The van der Waals surface area contributed by atoms with Crippen LogP contribution in [0.15, 0.2) is 12.2 Å². The quantitative estimate of drug-likeness (QED) is 0.425. The first-order valence-corrected chi connectivity index (χ1v) is 14.2. The first-order chi connectivity index (χ1) is 14.9. The molecule has 0 amide bonds. The Bertz CT molecular complexity index is 779. The Labute approximate surface area is 199 Å². The van der Waals surface area contributed by atoms with Crippen LogP contribution in [0.4, 0.5) is 0 Å². The maximum atomic E-state index is 10.9. The van der Waals surface area contributed by atoms with Gasteiger partial charge in [0.2, 0.25) is 0 Å². The van der Waals surface area contributed by atoms with Crippen molar-refractivity contribution in [3.8, 4) is 0 Å². The van der Waals surface area contributed by atoms with Crippen molar-refractivity contribution in [2.75, 3.05) is 0 Å². The molecular weight excluding hydrogens is 388 g/mol. The van der Waals surface area contributed by atoms with Crippen molar-refractivity contribution in [2.45, 2.75) is 125 Å². The molecule has 5 aliphatic rings. The van der Waals surface area contributed by atoms with Gasteiger partial charge in [-0.15, -0.1) is 0 Å². The van der Waals surface area contributed by atoms with Crippen LogP contribution in [-0.4, -0.2) is 11.2 Å². The summed E-state index contributed by atoms with van der Waals surface area (Å²) in [7, 11) is 0. The monoisotopic (exact) mass is 440 g/mol. The van der Waals surface area contributed by atoms with Crippen molar-refractivity contribution in [1.82, 2.24) is 0 Å². The van der Waals surface area contributed by atoms with E-state index in [0.717, 1.165) is 30.1 Å². The van der Waals surface area contributed by atoms with Crippen LogP contribution >= 0.6 is 0 Å². The van der Waals surface area contributed by atoms with Crippen LogP contribution in [0.3, 0.4) is 0 Å². The summed E-state index contributed by atoms with van der Waals surface area (Å²) in [5.74, 6) is 4.02. The lowest BCUT2D eigenvalue weighted by molar-refractivity contribution is -0.161. The van der Waals surface area contributed by atoms with E-state index in [1.165, 1.54) is 69.8 Å². The van der Waals surface area contributed by atoms with E-state index in [-0.39, 0.29) is 11.5 Å². The minimum atomic E-state index is -0.0888. The van der Waals surface area contributed by atoms with Crippen LogP contribution in [0, 0.1) is 56.7 Å². The highest BCUT2D eigenvalue weighted by molar-refractivity contribution is 5.30. The molecule has 1 heteroatoms. The van der Waals surface area contributed by atoms with E-state index < -0.39 is 0 Å². The second kappa shape index (κ2) is 7.11. The fraction of sp³-hybridized carbons (Fsp3) is 0.935. The Kier molecular flexibility index (Phi) is 5.21. The molecule has 182 valence electrons. The fourth-order valence-electron chi connectivity index (χ4n) is 11.2. The minimum Gasteiger partial charge on any atom is -0.393 e. The molecule has 1 nitrogen and oxygen atoms in total. The molecule has 0 radical (unpaired) electrons. The summed E-state index contributed by atoms with van der Waals surface area (Å²) in [5, 5.41) is 10.9. The van der Waals surface area contributed by atoms with E-state index in [4.69, 9.17) is 0 Å². The Hall–Kier alpha value is -0.300. The third-order valence-electron chi connectivity index (χ3n) is 13.6. The van der Waals surface area contributed by atoms with E-state index >= 15 is 0 Å². The molecule has 9 atom stereocenters. The van der Waals surface area contributed by atoms with Gasteiger partial charge >= 0.3 is 0 Å². The first kappa shape index (κ1) is 23.4. The summed E-state index contributed by atoms with van der Waals surface area (Å²) in [6, 6.07) is 0. The van der Waals surface area contributed by atoms with Crippen LogP contribution in [-0.2, 0) is 0 Å². The fourth-order valence-corrected chi connectivity index (χ4v) is 11.2. The summed E-state index contributed by atoms with van der Waals surface area (Å²) >= 11 is 0. The van der Waals surface area contributed by atoms with Gasteiger partial charge in [-0.05, 0) is 127 Å². The molecular formula is C31H52O. The highest BCUT2D eigenvalue weighted by Gasteiger charge is 2.82. The molecule has 1 N–H and O–H groups in total. The summed E-state index contributed by atoms with van der Waals surface area (Å²) in [5.41, 5.74) is 3.79. The molecule has 0 bridgehead atoms. The van der Waals surface area contributed by atoms with Crippen molar-refractivity contribution in [3.05, 3.63) is 12.2 Å². The smallest absolute Gasteiger partial charge is 0.0594 e. The number of allylic oxidation sites excluding steroid dienone is 1. The lowest BCUT2D eigenvalue weighted by Crippen LogP contribution is -2.57. The normalized spacial score (nSPS) is 51.9. The second-order valence-electron chi connectivity index (χ2n) is 14.9. The van der Waals surface area contributed by atoms with Gasteiger partial charge in [0.05, 0.1) is 6.10 Å². The third kappa shape index (κ3) is 2.73. The van der Waals surface area contributed by atoms with Crippen molar-refractivity contribution in [2.24, 2.45) is 56.7 Å². The van der Waals surface area contributed by atoms with Crippen molar-refractivity contribution < 1.29 is 5.11 Å². The number of aliphatic hydroxyl groups is 1. The van der Waals surface area contributed by atoms with Crippen LogP contribution in [0.2, 0.25) is 0 Å². The van der Waals surface area contributed by atoms with Gasteiger partial charge in [-0.2, -0.15) is 0 Å². The van der Waals surface area contributed by atoms with E-state index in [9.17, 15) is 5.11 Å². The molecule has 0 aliphatic heterocycles. The number of hydrogen-bond donors (Lipinski definition) is 1. The molecule has 5 saturated carbocycles. The summed E-state index contributed by atoms with van der Waals surface area (Å²) in [6.07, 6.45) is 15.0. The number of aliphatic hydroxyl groups excluding tert-OH is 1. The second-order valence-corrected chi connectivity index (χ2v) is 14.9. The highest BCUT2D eigenvalue weighted by Crippen LogP contribution is 2.89. The molecule has 32 heavy (non-hydrogen) atoms. The third-order valence-corrected chi connectivity index (χ3v) is 13.6. The number of rotatable bonds is 5. The van der Waals surface area contributed by atoms with Crippen molar-refractivity contribution in [3.63, 3.8) is 0 Å². The molecule has 0 saturated heterocycles. The summed E-state index contributed by atoms with van der Waals surface area (Å²) in [6.45, 7) is 21.8. The molecule has 0 aromatic rings. The lowest BCUT2D eigenvalue weighted by atomic mass is 9.41. The number of fused-ring (bicyclic) bond motifs is 2. The van der Waals surface area contributed by atoms with Crippen molar-refractivity contribution in [1.29, 1.82) is 0 Å². The van der Waals surface area contributed by atoms with Gasteiger partial charge in [0.1, 0.15) is 0 Å². The Morgan fingerprint density at radius 2 is 1.50 bits per heavy atom. The molecule has 0 aromatic carbocycles. The van der Waals surface area contributed by atoms with E-state index in [1.807, 2.05) is 0 Å². The minimum absolute atomic E-state index is 0.0888. The van der Waals surface area contributed by atoms with Gasteiger partial charge in [0.25, 0.3) is 0 Å². The predicted molar refractivity (Wildman–Crippen MR) is 135 cm³/mol. The maximum absolute atomic E-state index is 10.9. The maximum Gasteiger partial charge on any atom is 0.0594 e. The molecule has 5 rings (SSSR count). The van der Waals surface area contributed by atoms with Crippen LogP contribution < -0.4 is 0 Å². The van der Waals surface area contributed by atoms with Gasteiger partial charge < -0.3 is 5.11 Å². The summed E-state index contributed by atoms with van der Waals surface area (Å²) < 4.78 is 0. The first-order valence-electron chi connectivity index (χ1n) is 14.2. The van der Waals surface area contributed by atoms with Gasteiger partial charge in [0.15, 0.2) is 0 Å². The van der Waals surface area contributed by atoms with Crippen LogP contribution in [0.5, 0.6) is 0 Å². The Morgan fingerprint density at radius 1 is 0.844 bits per heavy atom. The van der Waals surface area contributed by atoms with E-state index in [2.05, 4.69) is 55.0 Å². The zero-order chi connectivity index (χ0) is 23.3. The molecule has 0 aromatic heterocycles. The molecule has 5 fully saturated rings. The average molecular weight is 441 g/mol. The van der Waals surface area contributed by atoms with Gasteiger partial charge in [0, 0.05) is 0 Å². The molecule has 3 unspecified atom stereocenters. The predicted octanol–water partition coefficient (Wildman–Crippen LogP) is 8.41. The number of hydrogen-bond acceptors (Lipinski definition) is 1. The van der Waals surface area contributed by atoms with Crippen LogP contribution in [0.1, 0.15) is 119 Å². The Morgan fingerprint density at radius 3 is 2.19 bits per heavy atom. The molecule has 0 heterocycles. The SMILES string of the molecule is C=C(CC[C@@H](C)C1CC[C@@]2(C)C3CCC4C(C)(C)[C@@H](O)CC[C@@]45C[C@@]35CC[C@]12C)C(C)C. The standard InChI is InChI=1S/C31H52O/c1-20(2)21(3)9-10-22(4)23-13-15-29(8)25-12-11-24-27(5,6)26(32)14-16-30(24)19-31(25,30)18-17-28(23,29)7/h20,22-26,32H,3,9-19H2,1-2,4-8H3/t22-,23?,24?,25?,26+,28-,29+,30-,31+/m1/s1. The zero-order valence-electron chi connectivity index (χ0n) is 22.4. The van der Waals surface area contributed by atoms with Gasteiger partial charge in [-0.1, -0.05) is 60.6 Å². The van der Waals surface area contributed by atoms with Crippen LogP contribution in [0.25, 0.3) is 0 Å². The summed E-state index contributed by atoms with van der Waals surface area (Å²) in [4.78, 5) is 0. The molecule has 5 aliphatic carbocycles. The molecule has 2 spiro atoms. The zero-order valence-corrected chi connectivity index (χ0v) is 22.4.